The molecular weight excluding hydrogens is 456 g/mol. The van der Waals surface area contributed by atoms with Gasteiger partial charge in [-0.25, -0.2) is 0 Å². The molecule has 5 nitrogen and oxygen atoms in total. The molecule has 1 fully saturated rings. The van der Waals surface area contributed by atoms with Crippen LogP contribution in [0.4, 0.5) is 0 Å². The maximum absolute atomic E-state index is 13.3. The van der Waals surface area contributed by atoms with Gasteiger partial charge < -0.3 is 15.0 Å². The Kier molecular flexibility index (Phi) is 9.95. The number of rotatable bonds is 11. The number of nitrogens with one attached hydrogen (secondary N) is 1. The van der Waals surface area contributed by atoms with Crippen molar-refractivity contribution in [1.29, 1.82) is 0 Å². The Morgan fingerprint density at radius 3 is 2.52 bits per heavy atom. The van der Waals surface area contributed by atoms with Gasteiger partial charge >= 0.3 is 0 Å². The topological polar surface area (TPSA) is 58.6 Å². The van der Waals surface area contributed by atoms with E-state index < -0.39 is 6.04 Å². The summed E-state index contributed by atoms with van der Waals surface area (Å²) in [6, 6.07) is 15.0. The number of halogens is 1. The van der Waals surface area contributed by atoms with Crippen molar-refractivity contribution >= 4 is 35.2 Å². The fourth-order valence-corrected chi connectivity index (χ4v) is 5.25. The van der Waals surface area contributed by atoms with Crippen LogP contribution in [0.5, 0.6) is 5.75 Å². The van der Waals surface area contributed by atoms with Crippen molar-refractivity contribution in [1.82, 2.24) is 10.2 Å². The second-order valence-corrected chi connectivity index (χ2v) is 9.83. The molecule has 0 radical (unpaired) electrons. The van der Waals surface area contributed by atoms with E-state index in [4.69, 9.17) is 16.3 Å². The number of ether oxygens (including phenoxy) is 1. The first kappa shape index (κ1) is 25.4. The first-order chi connectivity index (χ1) is 16.0. The van der Waals surface area contributed by atoms with Crippen molar-refractivity contribution in [2.75, 3.05) is 12.9 Å². The first-order valence-electron chi connectivity index (χ1n) is 11.5. The Balaban J connectivity index is 1.70. The number of amides is 2. The van der Waals surface area contributed by atoms with Crippen LogP contribution in [0.1, 0.15) is 50.2 Å². The number of carbonyl (C=O) groups excluding carboxylic acids is 2. The minimum Gasteiger partial charge on any atom is -0.497 e. The fraction of sp³-hybridized carbons (Fsp3) is 0.462. The lowest BCUT2D eigenvalue weighted by Crippen LogP contribution is -2.51. The van der Waals surface area contributed by atoms with Gasteiger partial charge in [-0.05, 0) is 54.7 Å². The molecule has 0 aromatic heterocycles. The third-order valence-electron chi connectivity index (χ3n) is 5.98. The minimum atomic E-state index is -0.494. The Morgan fingerprint density at radius 2 is 1.88 bits per heavy atom. The standard InChI is InChI=1S/C26H33ClN2O3S/c1-3-24(26(31)28-22-9-4-5-10-22)29(16-19-11-13-23(32-2)14-12-19)25(30)18-33-17-20-7-6-8-21(27)15-20/h6-8,11-15,22,24H,3-5,9-10,16-18H2,1-2H3,(H,28,31). The molecule has 0 spiro atoms. The highest BCUT2D eigenvalue weighted by Crippen LogP contribution is 2.22. The van der Waals surface area contributed by atoms with Crippen LogP contribution in [0.3, 0.4) is 0 Å². The third kappa shape index (κ3) is 7.68. The Hall–Kier alpha value is -2.18. The van der Waals surface area contributed by atoms with Gasteiger partial charge in [-0.15, -0.1) is 11.8 Å². The number of nitrogens with zero attached hydrogens (tertiary/aromatic N) is 1. The van der Waals surface area contributed by atoms with Crippen LogP contribution in [0.15, 0.2) is 48.5 Å². The van der Waals surface area contributed by atoms with Crippen LogP contribution in [0.2, 0.25) is 5.02 Å². The van der Waals surface area contributed by atoms with E-state index in [-0.39, 0.29) is 17.9 Å². The Morgan fingerprint density at radius 1 is 1.15 bits per heavy atom. The van der Waals surface area contributed by atoms with E-state index in [1.165, 1.54) is 11.8 Å². The second kappa shape index (κ2) is 12.9. The minimum absolute atomic E-state index is 0.0359. The van der Waals surface area contributed by atoms with E-state index in [9.17, 15) is 9.59 Å². The molecule has 0 saturated heterocycles. The monoisotopic (exact) mass is 488 g/mol. The van der Waals surface area contributed by atoms with Crippen LogP contribution in [-0.2, 0) is 21.9 Å². The van der Waals surface area contributed by atoms with Gasteiger partial charge in [0.25, 0.3) is 0 Å². The summed E-state index contributed by atoms with van der Waals surface area (Å²) in [5, 5.41) is 3.87. The molecule has 0 bridgehead atoms. The fourth-order valence-electron chi connectivity index (χ4n) is 4.18. The highest BCUT2D eigenvalue weighted by molar-refractivity contribution is 7.99. The van der Waals surface area contributed by atoms with Crippen molar-refractivity contribution in [3.63, 3.8) is 0 Å². The highest BCUT2D eigenvalue weighted by Gasteiger charge is 2.30. The molecule has 2 aromatic rings. The number of carbonyl (C=O) groups is 2. The number of benzene rings is 2. The van der Waals surface area contributed by atoms with Crippen molar-refractivity contribution < 1.29 is 14.3 Å². The van der Waals surface area contributed by atoms with E-state index >= 15 is 0 Å². The van der Waals surface area contributed by atoms with Gasteiger partial charge in [-0.1, -0.05) is 55.6 Å². The lowest BCUT2D eigenvalue weighted by molar-refractivity contribution is -0.139. The molecule has 1 aliphatic carbocycles. The average Bonchev–Trinajstić information content (AvgIpc) is 3.32. The normalized spacial score (nSPS) is 14.6. The molecule has 2 aromatic carbocycles. The van der Waals surface area contributed by atoms with Crippen molar-refractivity contribution in [3.8, 4) is 5.75 Å². The Labute approximate surface area is 206 Å². The molecule has 1 atom stereocenters. The molecule has 178 valence electrons. The lowest BCUT2D eigenvalue weighted by atomic mass is 10.1. The van der Waals surface area contributed by atoms with Gasteiger partial charge in [0.15, 0.2) is 0 Å². The first-order valence-corrected chi connectivity index (χ1v) is 13.1. The van der Waals surface area contributed by atoms with Gasteiger partial charge in [0.1, 0.15) is 11.8 Å². The molecule has 0 aliphatic heterocycles. The SMILES string of the molecule is CCC(C(=O)NC1CCCC1)N(Cc1ccc(OC)cc1)C(=O)CSCc1cccc(Cl)c1. The largest absolute Gasteiger partial charge is 0.497 e. The van der Waals surface area contributed by atoms with Gasteiger partial charge in [0, 0.05) is 23.4 Å². The van der Waals surface area contributed by atoms with Crippen LogP contribution >= 0.6 is 23.4 Å². The summed E-state index contributed by atoms with van der Waals surface area (Å²) in [5.41, 5.74) is 2.05. The summed E-state index contributed by atoms with van der Waals surface area (Å²) in [6.07, 6.45) is 4.90. The van der Waals surface area contributed by atoms with Crippen molar-refractivity contribution in [2.45, 2.75) is 63.4 Å². The zero-order valence-corrected chi connectivity index (χ0v) is 21.0. The highest BCUT2D eigenvalue weighted by atomic mass is 35.5. The average molecular weight is 489 g/mol. The number of hydrogen-bond acceptors (Lipinski definition) is 4. The summed E-state index contributed by atoms with van der Waals surface area (Å²) in [5.74, 6) is 1.67. The number of thioether (sulfide) groups is 1. The van der Waals surface area contributed by atoms with Gasteiger partial charge in [0.05, 0.1) is 12.9 Å². The summed E-state index contributed by atoms with van der Waals surface area (Å²) in [6.45, 7) is 2.35. The summed E-state index contributed by atoms with van der Waals surface area (Å²) in [4.78, 5) is 28.2. The smallest absolute Gasteiger partial charge is 0.243 e. The summed E-state index contributed by atoms with van der Waals surface area (Å²) < 4.78 is 5.25. The molecule has 0 heterocycles. The number of hydrogen-bond donors (Lipinski definition) is 1. The second-order valence-electron chi connectivity index (χ2n) is 8.41. The predicted molar refractivity (Wildman–Crippen MR) is 136 cm³/mol. The predicted octanol–water partition coefficient (Wildman–Crippen LogP) is 5.45. The van der Waals surface area contributed by atoms with E-state index in [0.29, 0.717) is 29.5 Å². The lowest BCUT2D eigenvalue weighted by Gasteiger charge is -2.31. The molecule has 1 N–H and O–H groups in total. The molecule has 3 rings (SSSR count). The molecule has 2 amide bonds. The van der Waals surface area contributed by atoms with Gasteiger partial charge in [0.2, 0.25) is 11.8 Å². The summed E-state index contributed by atoms with van der Waals surface area (Å²) >= 11 is 7.61. The van der Waals surface area contributed by atoms with Crippen molar-refractivity contribution in [2.24, 2.45) is 0 Å². The third-order valence-corrected chi connectivity index (χ3v) is 7.21. The molecular formula is C26H33ClN2O3S. The molecule has 33 heavy (non-hydrogen) atoms. The molecule has 1 aliphatic rings. The zero-order chi connectivity index (χ0) is 23.6. The summed E-state index contributed by atoms with van der Waals surface area (Å²) in [7, 11) is 1.63. The Bertz CT molecular complexity index is 916. The van der Waals surface area contributed by atoms with Crippen LogP contribution < -0.4 is 10.1 Å². The van der Waals surface area contributed by atoms with E-state index in [0.717, 1.165) is 42.6 Å². The van der Waals surface area contributed by atoms with Gasteiger partial charge in [-0.2, -0.15) is 0 Å². The zero-order valence-electron chi connectivity index (χ0n) is 19.4. The van der Waals surface area contributed by atoms with Crippen molar-refractivity contribution in [3.05, 3.63) is 64.7 Å². The van der Waals surface area contributed by atoms with Crippen LogP contribution in [0, 0.1) is 0 Å². The maximum atomic E-state index is 13.3. The molecule has 1 saturated carbocycles. The number of methoxy groups -OCH3 is 1. The molecule has 1 unspecified atom stereocenters. The molecule has 7 heteroatoms. The van der Waals surface area contributed by atoms with E-state index in [1.807, 2.05) is 55.5 Å². The maximum Gasteiger partial charge on any atom is 0.243 e. The van der Waals surface area contributed by atoms with Crippen LogP contribution in [-0.4, -0.2) is 41.7 Å². The quantitative estimate of drug-likeness (QED) is 0.457. The van der Waals surface area contributed by atoms with E-state index in [2.05, 4.69) is 5.32 Å². The van der Waals surface area contributed by atoms with Crippen LogP contribution in [0.25, 0.3) is 0 Å². The van der Waals surface area contributed by atoms with Gasteiger partial charge in [-0.3, -0.25) is 9.59 Å². The van der Waals surface area contributed by atoms with E-state index in [1.54, 1.807) is 12.0 Å².